The fourth-order valence-electron chi connectivity index (χ4n) is 4.50. The summed E-state index contributed by atoms with van der Waals surface area (Å²) in [7, 11) is 2.59. The molecule has 1 amide bonds. The molecule has 0 spiro atoms. The van der Waals surface area contributed by atoms with E-state index in [2.05, 4.69) is 16.6 Å². The summed E-state index contributed by atoms with van der Waals surface area (Å²) >= 11 is 0. The molecule has 0 unspecified atom stereocenters. The predicted molar refractivity (Wildman–Crippen MR) is 108 cm³/mol. The van der Waals surface area contributed by atoms with Crippen molar-refractivity contribution in [2.24, 2.45) is 5.92 Å². The molecular weight excluding hydrogens is 386 g/mol. The number of methoxy groups -OCH3 is 2. The summed E-state index contributed by atoms with van der Waals surface area (Å²) in [6.07, 6.45) is 1.88. The van der Waals surface area contributed by atoms with E-state index in [4.69, 9.17) is 9.47 Å². The zero-order valence-corrected chi connectivity index (χ0v) is 17.6. The van der Waals surface area contributed by atoms with Gasteiger partial charge in [0, 0.05) is 24.1 Å². The predicted octanol–water partition coefficient (Wildman–Crippen LogP) is 2.83. The molecule has 30 heavy (non-hydrogen) atoms. The average Bonchev–Trinajstić information content (AvgIpc) is 3.17. The highest BCUT2D eigenvalue weighted by Gasteiger charge is 2.53. The Morgan fingerprint density at radius 2 is 1.97 bits per heavy atom. The number of hydrogen-bond acceptors (Lipinski definition) is 6. The molecule has 0 radical (unpaired) electrons. The number of benzene rings is 1. The van der Waals surface area contributed by atoms with E-state index in [0.29, 0.717) is 19.4 Å². The molecule has 0 N–H and O–H groups in total. The van der Waals surface area contributed by atoms with Gasteiger partial charge in [-0.1, -0.05) is 18.1 Å². The van der Waals surface area contributed by atoms with E-state index in [9.17, 15) is 14.4 Å². The number of likely N-dealkylation sites (tertiary alicyclic amines) is 1. The standard InChI is InChI=1S/C23H27NO6/c1-16-6-4-7-17(14-16)9-12-23(30-21(26)15-20(25)28-2)11-5-8-19-18(23)10-13-24(19)22(27)29-3/h4,6-7,14,18-19H,5,8,10-11,13,15H2,1-3H3/t18-,19+,23+/m0/s1. The summed E-state index contributed by atoms with van der Waals surface area (Å²) in [4.78, 5) is 38.0. The summed E-state index contributed by atoms with van der Waals surface area (Å²) in [5.74, 6) is 4.91. The number of esters is 2. The van der Waals surface area contributed by atoms with E-state index in [1.807, 2.05) is 31.2 Å². The number of carbonyl (C=O) groups excluding carboxylic acids is 3. The van der Waals surface area contributed by atoms with Crippen molar-refractivity contribution in [2.45, 2.75) is 50.7 Å². The van der Waals surface area contributed by atoms with Gasteiger partial charge < -0.3 is 19.1 Å². The van der Waals surface area contributed by atoms with E-state index < -0.39 is 24.0 Å². The van der Waals surface area contributed by atoms with Gasteiger partial charge in [-0.15, -0.1) is 0 Å². The first-order valence-electron chi connectivity index (χ1n) is 10.1. The van der Waals surface area contributed by atoms with Crippen LogP contribution >= 0.6 is 0 Å². The monoisotopic (exact) mass is 413 g/mol. The van der Waals surface area contributed by atoms with Gasteiger partial charge in [0.15, 0.2) is 5.60 Å². The van der Waals surface area contributed by atoms with Gasteiger partial charge in [0.1, 0.15) is 6.42 Å². The average molecular weight is 413 g/mol. The number of ether oxygens (including phenoxy) is 3. The smallest absolute Gasteiger partial charge is 0.409 e. The van der Waals surface area contributed by atoms with Crippen LogP contribution in [0, 0.1) is 24.7 Å². The zero-order chi connectivity index (χ0) is 21.7. The Balaban J connectivity index is 1.94. The van der Waals surface area contributed by atoms with Crippen LogP contribution in [-0.4, -0.2) is 55.3 Å². The molecule has 0 bridgehead atoms. The second-order valence-electron chi connectivity index (χ2n) is 7.75. The lowest BCUT2D eigenvalue weighted by Gasteiger charge is -2.42. The van der Waals surface area contributed by atoms with Crippen LogP contribution in [-0.2, 0) is 23.8 Å². The molecule has 1 aliphatic carbocycles. The van der Waals surface area contributed by atoms with Crippen LogP contribution in [0.25, 0.3) is 0 Å². The summed E-state index contributed by atoms with van der Waals surface area (Å²) in [5, 5.41) is 0. The van der Waals surface area contributed by atoms with E-state index in [1.165, 1.54) is 14.2 Å². The van der Waals surface area contributed by atoms with E-state index in [-0.39, 0.29) is 18.1 Å². The van der Waals surface area contributed by atoms with E-state index in [1.54, 1.807) is 4.90 Å². The molecule has 1 heterocycles. The summed E-state index contributed by atoms with van der Waals surface area (Å²) < 4.78 is 15.4. The van der Waals surface area contributed by atoms with Crippen molar-refractivity contribution >= 4 is 18.0 Å². The number of amides is 1. The van der Waals surface area contributed by atoms with Gasteiger partial charge in [0.2, 0.25) is 0 Å². The van der Waals surface area contributed by atoms with Crippen molar-refractivity contribution in [3.63, 3.8) is 0 Å². The molecular formula is C23H27NO6. The van der Waals surface area contributed by atoms with Crippen molar-refractivity contribution in [1.82, 2.24) is 4.90 Å². The number of nitrogens with zero attached hydrogens (tertiary/aromatic N) is 1. The Kier molecular flexibility index (Phi) is 6.66. The molecule has 7 nitrogen and oxygen atoms in total. The first-order chi connectivity index (χ1) is 14.4. The zero-order valence-electron chi connectivity index (χ0n) is 17.6. The van der Waals surface area contributed by atoms with Gasteiger partial charge in [0.05, 0.1) is 14.2 Å². The molecule has 7 heteroatoms. The highest BCUT2D eigenvalue weighted by molar-refractivity contribution is 5.91. The molecule has 1 aliphatic heterocycles. The largest absolute Gasteiger partial charge is 0.469 e. The van der Waals surface area contributed by atoms with Crippen LogP contribution in [0.5, 0.6) is 0 Å². The van der Waals surface area contributed by atoms with Crippen LogP contribution in [0.2, 0.25) is 0 Å². The van der Waals surface area contributed by atoms with Crippen molar-refractivity contribution in [1.29, 1.82) is 0 Å². The maximum atomic E-state index is 12.5. The molecule has 160 valence electrons. The third kappa shape index (κ3) is 4.59. The topological polar surface area (TPSA) is 82.1 Å². The molecule has 1 aromatic rings. The number of carbonyl (C=O) groups is 3. The van der Waals surface area contributed by atoms with Gasteiger partial charge in [-0.3, -0.25) is 9.59 Å². The Morgan fingerprint density at radius 1 is 1.17 bits per heavy atom. The van der Waals surface area contributed by atoms with Crippen molar-refractivity contribution in [3.8, 4) is 11.8 Å². The van der Waals surface area contributed by atoms with Crippen LogP contribution in [0.3, 0.4) is 0 Å². The molecule has 3 atom stereocenters. The summed E-state index contributed by atoms with van der Waals surface area (Å²) in [6.45, 7) is 2.50. The van der Waals surface area contributed by atoms with E-state index >= 15 is 0 Å². The molecule has 1 aromatic carbocycles. The normalized spacial score (nSPS) is 24.8. The van der Waals surface area contributed by atoms with Gasteiger partial charge in [0.25, 0.3) is 0 Å². The number of fused-ring (bicyclic) bond motifs is 1. The molecule has 1 saturated carbocycles. The van der Waals surface area contributed by atoms with Crippen molar-refractivity contribution in [2.75, 3.05) is 20.8 Å². The lowest BCUT2D eigenvalue weighted by molar-refractivity contribution is -0.167. The van der Waals surface area contributed by atoms with Gasteiger partial charge in [-0.2, -0.15) is 0 Å². The van der Waals surface area contributed by atoms with E-state index in [0.717, 1.165) is 24.0 Å². The number of rotatable bonds is 3. The molecule has 3 rings (SSSR count). The van der Waals surface area contributed by atoms with Gasteiger partial charge >= 0.3 is 18.0 Å². The van der Waals surface area contributed by atoms with Crippen molar-refractivity contribution < 1.29 is 28.6 Å². The number of aryl methyl sites for hydroxylation is 1. The van der Waals surface area contributed by atoms with Crippen molar-refractivity contribution in [3.05, 3.63) is 35.4 Å². The quantitative estimate of drug-likeness (QED) is 0.328. The lowest BCUT2D eigenvalue weighted by Crippen LogP contribution is -2.52. The Labute approximate surface area is 176 Å². The second-order valence-corrected chi connectivity index (χ2v) is 7.75. The maximum absolute atomic E-state index is 12.5. The maximum Gasteiger partial charge on any atom is 0.409 e. The minimum Gasteiger partial charge on any atom is -0.469 e. The Bertz CT molecular complexity index is 885. The lowest BCUT2D eigenvalue weighted by atomic mass is 9.72. The van der Waals surface area contributed by atoms with Crippen LogP contribution in [0.4, 0.5) is 4.79 Å². The molecule has 2 fully saturated rings. The minimum absolute atomic E-state index is 0.121. The molecule has 1 saturated heterocycles. The Hall–Kier alpha value is -3.01. The number of hydrogen-bond donors (Lipinski definition) is 0. The summed E-state index contributed by atoms with van der Waals surface area (Å²) in [5.41, 5.74) is 0.835. The fraction of sp³-hybridized carbons (Fsp3) is 0.522. The second kappa shape index (κ2) is 9.21. The molecule has 0 aromatic heterocycles. The third-order valence-corrected chi connectivity index (χ3v) is 5.85. The third-order valence-electron chi connectivity index (χ3n) is 5.85. The van der Waals surface area contributed by atoms with Gasteiger partial charge in [-0.25, -0.2) is 4.79 Å². The Morgan fingerprint density at radius 3 is 2.67 bits per heavy atom. The highest BCUT2D eigenvalue weighted by Crippen LogP contribution is 2.45. The molecule has 2 aliphatic rings. The highest BCUT2D eigenvalue weighted by atomic mass is 16.6. The van der Waals surface area contributed by atoms with Crippen LogP contribution in [0.1, 0.15) is 43.2 Å². The van der Waals surface area contributed by atoms with Crippen LogP contribution < -0.4 is 0 Å². The van der Waals surface area contributed by atoms with Crippen LogP contribution in [0.15, 0.2) is 24.3 Å². The first kappa shape index (κ1) is 21.7. The van der Waals surface area contributed by atoms with Gasteiger partial charge in [-0.05, 0) is 56.2 Å². The minimum atomic E-state index is -1.07. The summed E-state index contributed by atoms with van der Waals surface area (Å²) in [6, 6.07) is 7.66. The first-order valence-corrected chi connectivity index (χ1v) is 10.1. The fourth-order valence-corrected chi connectivity index (χ4v) is 4.50. The SMILES string of the molecule is COC(=O)CC(=O)O[C@@]1(C#Cc2cccc(C)c2)CCC[C@@H]2[C@@H]1CCN2C(=O)OC.